The fourth-order valence-corrected chi connectivity index (χ4v) is 1.90. The van der Waals surface area contributed by atoms with Crippen LogP contribution in [-0.2, 0) is 0 Å². The fourth-order valence-electron chi connectivity index (χ4n) is 1.38. The molecule has 1 atom stereocenters. The van der Waals surface area contributed by atoms with Crippen LogP contribution in [0.4, 0.5) is 0 Å². The van der Waals surface area contributed by atoms with E-state index in [9.17, 15) is 5.11 Å². The van der Waals surface area contributed by atoms with Gasteiger partial charge in [-0.1, -0.05) is 53.5 Å². The van der Waals surface area contributed by atoms with Gasteiger partial charge in [-0.2, -0.15) is 0 Å². The number of hydrogen-bond donors (Lipinski definition) is 1. The van der Waals surface area contributed by atoms with Crippen LogP contribution in [0.1, 0.15) is 17.2 Å². The number of aliphatic hydroxyl groups excluding tert-OH is 1. The molecule has 0 saturated heterocycles. The molecule has 0 aliphatic carbocycles. The van der Waals surface area contributed by atoms with Gasteiger partial charge in [0.05, 0.1) is 5.56 Å². The summed E-state index contributed by atoms with van der Waals surface area (Å²) in [5.41, 5.74) is 1.03. The minimum atomic E-state index is -0.914. The van der Waals surface area contributed by atoms with Crippen LogP contribution in [0, 0.1) is 0 Å². The minimum Gasteiger partial charge on any atom is -0.383 e. The summed E-state index contributed by atoms with van der Waals surface area (Å²) in [4.78, 5) is 7.59. The molecule has 1 aromatic carbocycles. The third-order valence-corrected chi connectivity index (χ3v) is 2.78. The van der Waals surface area contributed by atoms with Gasteiger partial charge in [0.15, 0.2) is 0 Å². The van der Waals surface area contributed by atoms with Crippen molar-refractivity contribution < 1.29 is 5.11 Å². The number of benzene rings is 1. The third-order valence-electron chi connectivity index (χ3n) is 2.18. The molecule has 0 fully saturated rings. The van der Waals surface area contributed by atoms with E-state index in [4.69, 9.17) is 23.2 Å². The summed E-state index contributed by atoms with van der Waals surface area (Å²) in [7, 11) is 0. The lowest BCUT2D eigenvalue weighted by Crippen LogP contribution is -2.03. The molecule has 0 radical (unpaired) electrons. The highest BCUT2D eigenvalue weighted by molar-refractivity contribution is 6.34. The lowest BCUT2D eigenvalue weighted by atomic mass is 10.0. The lowest BCUT2D eigenvalue weighted by Gasteiger charge is -2.12. The van der Waals surface area contributed by atoms with E-state index in [1.807, 2.05) is 18.2 Å². The normalized spacial score (nSPS) is 12.4. The number of aliphatic hydroxyl groups is 1. The van der Waals surface area contributed by atoms with Crippen molar-refractivity contribution in [1.82, 2.24) is 9.97 Å². The zero-order valence-electron chi connectivity index (χ0n) is 8.14. The zero-order valence-corrected chi connectivity index (χ0v) is 9.65. The quantitative estimate of drug-likeness (QED) is 0.839. The Hall–Kier alpha value is -1.16. The van der Waals surface area contributed by atoms with E-state index in [0.29, 0.717) is 11.1 Å². The van der Waals surface area contributed by atoms with Crippen LogP contribution in [0.2, 0.25) is 10.3 Å². The Bertz CT molecular complexity index is 470. The number of halogens is 2. The Morgan fingerprint density at radius 3 is 2.12 bits per heavy atom. The van der Waals surface area contributed by atoms with Crippen LogP contribution in [0.5, 0.6) is 0 Å². The molecule has 0 spiro atoms. The first-order chi connectivity index (χ1) is 7.70. The van der Waals surface area contributed by atoms with E-state index in [-0.39, 0.29) is 10.3 Å². The molecular formula is C11H8Cl2N2O. The molecule has 0 saturated carbocycles. The molecule has 1 heterocycles. The Balaban J connectivity index is 2.46. The van der Waals surface area contributed by atoms with E-state index >= 15 is 0 Å². The molecule has 0 aliphatic rings. The largest absolute Gasteiger partial charge is 0.383 e. The second-order valence-corrected chi connectivity index (χ2v) is 3.90. The summed E-state index contributed by atoms with van der Waals surface area (Å²) in [6.45, 7) is 0. The van der Waals surface area contributed by atoms with Gasteiger partial charge in [0.25, 0.3) is 0 Å². The maximum absolute atomic E-state index is 10.1. The smallest absolute Gasteiger partial charge is 0.140 e. The summed E-state index contributed by atoms with van der Waals surface area (Å²) >= 11 is 11.8. The van der Waals surface area contributed by atoms with E-state index in [1.165, 1.54) is 6.33 Å². The Morgan fingerprint density at radius 1 is 1.00 bits per heavy atom. The van der Waals surface area contributed by atoms with E-state index < -0.39 is 6.10 Å². The summed E-state index contributed by atoms with van der Waals surface area (Å²) in [5, 5.41) is 10.4. The second-order valence-electron chi connectivity index (χ2n) is 3.18. The van der Waals surface area contributed by atoms with Crippen molar-refractivity contribution in [2.45, 2.75) is 6.10 Å². The second kappa shape index (κ2) is 4.78. The number of nitrogens with zero attached hydrogens (tertiary/aromatic N) is 2. The minimum absolute atomic E-state index is 0.163. The van der Waals surface area contributed by atoms with Gasteiger partial charge in [0.1, 0.15) is 22.7 Å². The van der Waals surface area contributed by atoms with Crippen molar-refractivity contribution in [3.8, 4) is 0 Å². The zero-order chi connectivity index (χ0) is 11.5. The van der Waals surface area contributed by atoms with Gasteiger partial charge in [-0.15, -0.1) is 0 Å². The molecule has 1 aromatic heterocycles. The molecular weight excluding hydrogens is 247 g/mol. The topological polar surface area (TPSA) is 46.0 Å². The van der Waals surface area contributed by atoms with Crippen molar-refractivity contribution in [2.75, 3.05) is 0 Å². The van der Waals surface area contributed by atoms with Gasteiger partial charge < -0.3 is 5.11 Å². The van der Waals surface area contributed by atoms with Crippen LogP contribution in [-0.4, -0.2) is 15.1 Å². The highest BCUT2D eigenvalue weighted by Crippen LogP contribution is 2.30. The highest BCUT2D eigenvalue weighted by atomic mass is 35.5. The molecule has 3 nitrogen and oxygen atoms in total. The summed E-state index contributed by atoms with van der Waals surface area (Å²) in [6, 6.07) is 9.07. The van der Waals surface area contributed by atoms with E-state index in [0.717, 1.165) is 0 Å². The average Bonchev–Trinajstić information content (AvgIpc) is 2.30. The molecule has 0 aliphatic heterocycles. The van der Waals surface area contributed by atoms with Crippen LogP contribution < -0.4 is 0 Å². The molecule has 5 heteroatoms. The predicted octanol–water partition coefficient (Wildman–Crippen LogP) is 2.87. The van der Waals surface area contributed by atoms with Crippen molar-refractivity contribution in [3.63, 3.8) is 0 Å². The van der Waals surface area contributed by atoms with Crippen molar-refractivity contribution >= 4 is 23.2 Å². The molecule has 0 bridgehead atoms. The average molecular weight is 255 g/mol. The molecule has 2 aromatic rings. The summed E-state index contributed by atoms with van der Waals surface area (Å²) < 4.78 is 0. The summed E-state index contributed by atoms with van der Waals surface area (Å²) in [5.74, 6) is 0. The Labute approximate surface area is 103 Å². The molecule has 16 heavy (non-hydrogen) atoms. The number of rotatable bonds is 2. The SMILES string of the molecule is OC(c1ccccc1)c1c(Cl)ncnc1Cl. The molecule has 1 unspecified atom stereocenters. The fraction of sp³-hybridized carbons (Fsp3) is 0.0909. The van der Waals surface area contributed by atoms with Gasteiger partial charge in [0.2, 0.25) is 0 Å². The third kappa shape index (κ3) is 2.16. The first-order valence-electron chi connectivity index (χ1n) is 4.59. The van der Waals surface area contributed by atoms with Crippen LogP contribution in [0.25, 0.3) is 0 Å². The van der Waals surface area contributed by atoms with Crippen LogP contribution in [0.3, 0.4) is 0 Å². The Morgan fingerprint density at radius 2 is 1.56 bits per heavy atom. The lowest BCUT2D eigenvalue weighted by molar-refractivity contribution is 0.219. The predicted molar refractivity (Wildman–Crippen MR) is 62.6 cm³/mol. The maximum atomic E-state index is 10.1. The van der Waals surface area contributed by atoms with Crippen molar-refractivity contribution in [1.29, 1.82) is 0 Å². The highest BCUT2D eigenvalue weighted by Gasteiger charge is 2.18. The monoisotopic (exact) mass is 254 g/mol. The molecule has 1 N–H and O–H groups in total. The molecule has 2 rings (SSSR count). The Kier molecular flexibility index (Phi) is 3.39. The standard InChI is InChI=1S/C11H8Cl2N2O/c12-10-8(11(13)15-6-14-10)9(16)7-4-2-1-3-5-7/h1-6,9,16H. The van der Waals surface area contributed by atoms with E-state index in [2.05, 4.69) is 9.97 Å². The van der Waals surface area contributed by atoms with Gasteiger partial charge in [0, 0.05) is 0 Å². The van der Waals surface area contributed by atoms with Gasteiger partial charge in [-0.25, -0.2) is 9.97 Å². The van der Waals surface area contributed by atoms with E-state index in [1.54, 1.807) is 12.1 Å². The van der Waals surface area contributed by atoms with Crippen LogP contribution in [0.15, 0.2) is 36.7 Å². The van der Waals surface area contributed by atoms with Gasteiger partial charge in [-0.3, -0.25) is 0 Å². The van der Waals surface area contributed by atoms with Crippen molar-refractivity contribution in [3.05, 3.63) is 58.1 Å². The first-order valence-corrected chi connectivity index (χ1v) is 5.34. The maximum Gasteiger partial charge on any atom is 0.140 e. The first kappa shape index (κ1) is 11.3. The van der Waals surface area contributed by atoms with Gasteiger partial charge in [-0.05, 0) is 5.56 Å². The summed E-state index contributed by atoms with van der Waals surface area (Å²) in [6.07, 6.45) is 0.341. The van der Waals surface area contributed by atoms with Gasteiger partial charge >= 0.3 is 0 Å². The molecule has 82 valence electrons. The number of aromatic nitrogens is 2. The molecule has 0 amide bonds. The van der Waals surface area contributed by atoms with Crippen LogP contribution >= 0.6 is 23.2 Å². The van der Waals surface area contributed by atoms with Crippen molar-refractivity contribution in [2.24, 2.45) is 0 Å². The number of hydrogen-bond acceptors (Lipinski definition) is 3.